The molecule has 0 bridgehead atoms. The van der Waals surface area contributed by atoms with Gasteiger partial charge in [0.05, 0.1) is 12.9 Å². The van der Waals surface area contributed by atoms with Gasteiger partial charge in [-0.3, -0.25) is 0 Å². The van der Waals surface area contributed by atoms with E-state index in [1.54, 1.807) is 12.3 Å². The molecule has 0 N–H and O–H groups in total. The SMILES string of the molecule is C=CC=COCCC[SiH](C)C. The van der Waals surface area contributed by atoms with Gasteiger partial charge in [0.25, 0.3) is 0 Å². The normalized spacial score (nSPS) is 10.8. The molecule has 0 radical (unpaired) electrons. The molecule has 0 aromatic heterocycles. The van der Waals surface area contributed by atoms with Crippen molar-refractivity contribution in [3.8, 4) is 0 Å². The van der Waals surface area contributed by atoms with E-state index in [1.165, 1.54) is 12.5 Å². The number of hydrogen-bond acceptors (Lipinski definition) is 1. The lowest BCUT2D eigenvalue weighted by molar-refractivity contribution is 0.250. The molecule has 0 aliphatic heterocycles. The van der Waals surface area contributed by atoms with Crippen molar-refractivity contribution in [3.63, 3.8) is 0 Å². The highest BCUT2D eigenvalue weighted by Gasteiger charge is 1.93. The minimum atomic E-state index is -0.354. The van der Waals surface area contributed by atoms with Crippen LogP contribution in [0.5, 0.6) is 0 Å². The Morgan fingerprint density at radius 1 is 1.45 bits per heavy atom. The molecule has 2 heteroatoms. The Bertz CT molecular complexity index is 119. The number of rotatable bonds is 6. The summed E-state index contributed by atoms with van der Waals surface area (Å²) in [5.41, 5.74) is 0. The highest BCUT2D eigenvalue weighted by molar-refractivity contribution is 6.55. The van der Waals surface area contributed by atoms with Gasteiger partial charge < -0.3 is 4.74 Å². The largest absolute Gasteiger partial charge is 0.501 e. The molecule has 11 heavy (non-hydrogen) atoms. The van der Waals surface area contributed by atoms with E-state index in [9.17, 15) is 0 Å². The van der Waals surface area contributed by atoms with Crippen LogP contribution < -0.4 is 0 Å². The predicted octanol–water partition coefficient (Wildman–Crippen LogP) is 2.58. The Labute approximate surface area is 71.4 Å². The number of allylic oxidation sites excluding steroid dienone is 2. The zero-order valence-electron chi connectivity index (χ0n) is 7.55. The minimum Gasteiger partial charge on any atom is -0.501 e. The third-order valence-electron chi connectivity index (χ3n) is 1.35. The summed E-state index contributed by atoms with van der Waals surface area (Å²) in [6.45, 7) is 9.12. The van der Waals surface area contributed by atoms with Crippen LogP contribution in [0, 0.1) is 0 Å². The average molecular weight is 170 g/mol. The fourth-order valence-electron chi connectivity index (χ4n) is 0.754. The summed E-state index contributed by atoms with van der Waals surface area (Å²) in [5.74, 6) is 0. The lowest BCUT2D eigenvalue weighted by Crippen LogP contribution is -2.00. The monoisotopic (exact) mass is 170 g/mol. The Balaban J connectivity index is 3.02. The summed E-state index contributed by atoms with van der Waals surface area (Å²) in [6.07, 6.45) is 6.43. The van der Waals surface area contributed by atoms with Crippen molar-refractivity contribution in [2.24, 2.45) is 0 Å². The molecule has 0 fully saturated rings. The van der Waals surface area contributed by atoms with E-state index >= 15 is 0 Å². The molecule has 0 aliphatic carbocycles. The molecule has 0 aromatic rings. The summed E-state index contributed by atoms with van der Waals surface area (Å²) in [5, 5.41) is 0. The van der Waals surface area contributed by atoms with Crippen molar-refractivity contribution in [1.82, 2.24) is 0 Å². The summed E-state index contributed by atoms with van der Waals surface area (Å²) in [6, 6.07) is 1.38. The Morgan fingerprint density at radius 3 is 2.73 bits per heavy atom. The van der Waals surface area contributed by atoms with E-state index in [-0.39, 0.29) is 8.80 Å². The van der Waals surface area contributed by atoms with Crippen LogP contribution in [0.15, 0.2) is 25.0 Å². The van der Waals surface area contributed by atoms with Gasteiger partial charge in [0, 0.05) is 8.80 Å². The first kappa shape index (κ1) is 10.5. The maximum atomic E-state index is 5.19. The summed E-state index contributed by atoms with van der Waals surface area (Å²) in [4.78, 5) is 0. The molecule has 0 atom stereocenters. The van der Waals surface area contributed by atoms with E-state index in [4.69, 9.17) is 4.74 Å². The molecule has 0 saturated heterocycles. The molecule has 0 heterocycles. The molecule has 1 nitrogen and oxygen atoms in total. The second kappa shape index (κ2) is 7.60. The molecule has 0 unspecified atom stereocenters. The average Bonchev–Trinajstić information content (AvgIpc) is 1.96. The maximum absolute atomic E-state index is 5.19. The first-order valence-corrected chi connectivity index (χ1v) is 7.29. The maximum Gasteiger partial charge on any atom is 0.0870 e. The van der Waals surface area contributed by atoms with Crippen molar-refractivity contribution in [2.45, 2.75) is 25.6 Å². The van der Waals surface area contributed by atoms with Gasteiger partial charge in [0.1, 0.15) is 0 Å². The number of ether oxygens (including phenoxy) is 1. The zero-order chi connectivity index (χ0) is 8.53. The molecule has 64 valence electrons. The zero-order valence-corrected chi connectivity index (χ0v) is 8.70. The first-order chi connectivity index (χ1) is 5.27. The van der Waals surface area contributed by atoms with Crippen LogP contribution >= 0.6 is 0 Å². The molecular formula is C9H18OSi. The first-order valence-electron chi connectivity index (χ1n) is 4.16. The Kier molecular flexibility index (Phi) is 7.25. The van der Waals surface area contributed by atoms with Crippen LogP contribution in [0.1, 0.15) is 6.42 Å². The molecule has 0 aliphatic rings. The Morgan fingerprint density at radius 2 is 2.18 bits per heavy atom. The second-order valence-corrected chi connectivity index (χ2v) is 6.34. The topological polar surface area (TPSA) is 9.23 Å². The van der Waals surface area contributed by atoms with Gasteiger partial charge in [-0.25, -0.2) is 0 Å². The molecule has 0 aromatic carbocycles. The van der Waals surface area contributed by atoms with Crippen molar-refractivity contribution in [3.05, 3.63) is 25.0 Å². The van der Waals surface area contributed by atoms with Crippen LogP contribution in [0.25, 0.3) is 0 Å². The van der Waals surface area contributed by atoms with Gasteiger partial charge in [-0.15, -0.1) is 0 Å². The van der Waals surface area contributed by atoms with E-state index in [1.807, 2.05) is 6.08 Å². The fraction of sp³-hybridized carbons (Fsp3) is 0.556. The van der Waals surface area contributed by atoms with Crippen LogP contribution in [0.4, 0.5) is 0 Å². The second-order valence-electron chi connectivity index (χ2n) is 2.97. The highest BCUT2D eigenvalue weighted by atomic mass is 28.3. The van der Waals surface area contributed by atoms with Crippen molar-refractivity contribution < 1.29 is 4.74 Å². The predicted molar refractivity (Wildman–Crippen MR) is 53.6 cm³/mol. The third kappa shape index (κ3) is 9.50. The van der Waals surface area contributed by atoms with Crippen molar-refractivity contribution >= 4 is 8.80 Å². The van der Waals surface area contributed by atoms with Gasteiger partial charge in [0.15, 0.2) is 0 Å². The standard InChI is InChI=1S/C9H18OSi/c1-4-5-7-10-8-6-9-11(2)3/h4-5,7,11H,1,6,8-9H2,2-3H3. The minimum absolute atomic E-state index is 0.354. The van der Waals surface area contributed by atoms with Gasteiger partial charge in [-0.1, -0.05) is 31.8 Å². The fourth-order valence-corrected chi connectivity index (χ4v) is 1.74. The van der Waals surface area contributed by atoms with E-state index in [2.05, 4.69) is 19.7 Å². The van der Waals surface area contributed by atoms with Crippen molar-refractivity contribution in [2.75, 3.05) is 6.61 Å². The molecule has 0 saturated carbocycles. The van der Waals surface area contributed by atoms with Crippen LogP contribution in [-0.4, -0.2) is 15.4 Å². The van der Waals surface area contributed by atoms with Gasteiger partial charge in [-0.2, -0.15) is 0 Å². The smallest absolute Gasteiger partial charge is 0.0870 e. The number of hydrogen-bond donors (Lipinski definition) is 0. The highest BCUT2D eigenvalue weighted by Crippen LogP contribution is 1.97. The van der Waals surface area contributed by atoms with E-state index < -0.39 is 0 Å². The molecule has 0 spiro atoms. The molecule has 0 rings (SSSR count). The van der Waals surface area contributed by atoms with Crippen LogP contribution in [0.2, 0.25) is 19.1 Å². The third-order valence-corrected chi connectivity index (χ3v) is 2.92. The summed E-state index contributed by atoms with van der Waals surface area (Å²) < 4.78 is 5.19. The van der Waals surface area contributed by atoms with E-state index in [0.29, 0.717) is 0 Å². The molecule has 0 amide bonds. The van der Waals surface area contributed by atoms with E-state index in [0.717, 1.165) is 6.61 Å². The van der Waals surface area contributed by atoms with Gasteiger partial charge in [0.2, 0.25) is 0 Å². The quantitative estimate of drug-likeness (QED) is 0.258. The van der Waals surface area contributed by atoms with Gasteiger partial charge in [-0.05, 0) is 12.5 Å². The summed E-state index contributed by atoms with van der Waals surface area (Å²) >= 11 is 0. The summed E-state index contributed by atoms with van der Waals surface area (Å²) in [7, 11) is -0.354. The van der Waals surface area contributed by atoms with Crippen LogP contribution in [-0.2, 0) is 4.74 Å². The van der Waals surface area contributed by atoms with Gasteiger partial charge >= 0.3 is 0 Å². The lowest BCUT2D eigenvalue weighted by Gasteiger charge is -2.01. The van der Waals surface area contributed by atoms with Crippen molar-refractivity contribution in [1.29, 1.82) is 0 Å². The Hall–Kier alpha value is -0.503. The van der Waals surface area contributed by atoms with Crippen LogP contribution in [0.3, 0.4) is 0 Å². The lowest BCUT2D eigenvalue weighted by atomic mass is 10.5. The molecular weight excluding hydrogens is 152 g/mol.